The van der Waals surface area contributed by atoms with Crippen LogP contribution in [0.1, 0.15) is 43.5 Å². The number of anilines is 2. The lowest BCUT2D eigenvalue weighted by atomic mass is 9.94. The molecule has 2 aromatic carbocycles. The third kappa shape index (κ3) is 3.10. The van der Waals surface area contributed by atoms with Crippen LogP contribution in [0.3, 0.4) is 0 Å². The number of amides is 3. The van der Waals surface area contributed by atoms with Crippen LogP contribution in [-0.2, 0) is 9.59 Å². The molecule has 2 aromatic rings. The lowest BCUT2D eigenvalue weighted by Crippen LogP contribution is -2.69. The Balaban J connectivity index is 1.81. The fourth-order valence-corrected chi connectivity index (χ4v) is 4.25. The van der Waals surface area contributed by atoms with Crippen LogP contribution in [0.25, 0.3) is 0 Å². The molecule has 0 spiro atoms. The second-order valence-corrected chi connectivity index (χ2v) is 8.20. The van der Waals surface area contributed by atoms with Gasteiger partial charge in [-0.15, -0.1) is 0 Å². The molecule has 4 rings (SSSR count). The maximum absolute atomic E-state index is 13.7. The Labute approximate surface area is 175 Å². The van der Waals surface area contributed by atoms with Crippen LogP contribution in [0.4, 0.5) is 11.4 Å². The van der Waals surface area contributed by atoms with Crippen molar-refractivity contribution >= 4 is 29.1 Å². The van der Waals surface area contributed by atoms with Gasteiger partial charge in [0.1, 0.15) is 5.75 Å². The van der Waals surface area contributed by atoms with E-state index in [2.05, 4.69) is 19.2 Å². The molecule has 2 heterocycles. The van der Waals surface area contributed by atoms with Crippen LogP contribution in [0.2, 0.25) is 0 Å². The number of phenols is 1. The van der Waals surface area contributed by atoms with E-state index in [9.17, 15) is 19.5 Å². The Bertz CT molecular complexity index is 1000. The van der Waals surface area contributed by atoms with E-state index in [1.165, 1.54) is 17.0 Å². The first-order chi connectivity index (χ1) is 14.3. The van der Waals surface area contributed by atoms with Crippen molar-refractivity contribution in [3.05, 3.63) is 54.1 Å². The quantitative estimate of drug-likeness (QED) is 0.744. The number of nitrogens with zero attached hydrogens (tertiary/aromatic N) is 2. The van der Waals surface area contributed by atoms with Crippen LogP contribution in [0.15, 0.2) is 48.5 Å². The molecule has 0 saturated carbocycles. The first-order valence-corrected chi connectivity index (χ1v) is 10.2. The normalized spacial score (nSPS) is 20.4. The molecule has 0 unspecified atom stereocenters. The van der Waals surface area contributed by atoms with E-state index in [0.717, 1.165) is 0 Å². The summed E-state index contributed by atoms with van der Waals surface area (Å²) in [5.74, 6) is -0.420. The van der Waals surface area contributed by atoms with E-state index in [1.807, 2.05) is 0 Å². The lowest BCUT2D eigenvalue weighted by molar-refractivity contribution is -0.129. The van der Waals surface area contributed by atoms with E-state index in [4.69, 9.17) is 0 Å². The highest BCUT2D eigenvalue weighted by Crippen LogP contribution is 2.45. The summed E-state index contributed by atoms with van der Waals surface area (Å²) in [6.07, 6.45) is 1.13. The second-order valence-electron chi connectivity index (χ2n) is 8.20. The van der Waals surface area contributed by atoms with Crippen molar-refractivity contribution in [2.75, 3.05) is 16.8 Å². The van der Waals surface area contributed by atoms with Crippen LogP contribution in [0, 0.1) is 5.92 Å². The number of rotatable bonds is 5. The standard InChI is InChI=1S/C23H25N3O4/c1-15(2)12-14-25-21(29)18-5-3-4-6-19(18)26-20(28)11-13-23(25,26)22(30)24-16-7-9-17(27)10-8-16/h3-10,15,27H,11-14H2,1-2H3,(H,24,30)/t23-/m1/s1. The summed E-state index contributed by atoms with van der Waals surface area (Å²) in [6, 6.07) is 13.1. The highest BCUT2D eigenvalue weighted by Gasteiger charge is 2.60. The number of fused-ring (bicyclic) bond motifs is 3. The van der Waals surface area contributed by atoms with Gasteiger partial charge in [0.05, 0.1) is 11.3 Å². The zero-order valence-corrected chi connectivity index (χ0v) is 17.1. The number of benzene rings is 2. The van der Waals surface area contributed by atoms with E-state index >= 15 is 0 Å². The zero-order valence-electron chi connectivity index (χ0n) is 17.1. The SMILES string of the molecule is CC(C)CCN1C(=O)c2ccccc2N2C(=O)CC[C@@]12C(=O)Nc1ccc(O)cc1. The van der Waals surface area contributed by atoms with Crippen molar-refractivity contribution in [1.29, 1.82) is 0 Å². The van der Waals surface area contributed by atoms with E-state index in [1.54, 1.807) is 41.3 Å². The molecule has 7 nitrogen and oxygen atoms in total. The summed E-state index contributed by atoms with van der Waals surface area (Å²) in [6.45, 7) is 4.49. The molecule has 1 atom stereocenters. The minimum atomic E-state index is -1.41. The maximum Gasteiger partial charge on any atom is 0.271 e. The Morgan fingerprint density at radius 1 is 1.13 bits per heavy atom. The highest BCUT2D eigenvalue weighted by molar-refractivity contribution is 6.18. The van der Waals surface area contributed by atoms with Gasteiger partial charge in [0.25, 0.3) is 11.8 Å². The molecule has 3 amide bonds. The topological polar surface area (TPSA) is 90.0 Å². The molecule has 2 N–H and O–H groups in total. The Morgan fingerprint density at radius 3 is 2.53 bits per heavy atom. The Hall–Kier alpha value is -3.35. The smallest absolute Gasteiger partial charge is 0.271 e. The first kappa shape index (κ1) is 19.9. The number of phenolic OH excluding ortho intramolecular Hbond substituents is 1. The van der Waals surface area contributed by atoms with Crippen molar-refractivity contribution in [3.63, 3.8) is 0 Å². The predicted octanol–water partition coefficient (Wildman–Crippen LogP) is 3.36. The molecule has 0 aromatic heterocycles. The van der Waals surface area contributed by atoms with Gasteiger partial charge >= 0.3 is 0 Å². The zero-order chi connectivity index (χ0) is 21.5. The van der Waals surface area contributed by atoms with Crippen molar-refractivity contribution in [1.82, 2.24) is 4.90 Å². The molecule has 1 fully saturated rings. The monoisotopic (exact) mass is 407 g/mol. The van der Waals surface area contributed by atoms with E-state index in [-0.39, 0.29) is 30.4 Å². The molecule has 2 aliphatic rings. The highest BCUT2D eigenvalue weighted by atomic mass is 16.3. The molecule has 156 valence electrons. The van der Waals surface area contributed by atoms with E-state index < -0.39 is 11.6 Å². The average molecular weight is 407 g/mol. The number of hydrogen-bond donors (Lipinski definition) is 2. The summed E-state index contributed by atoms with van der Waals surface area (Å²) in [7, 11) is 0. The molecule has 1 saturated heterocycles. The number of hydrogen-bond acceptors (Lipinski definition) is 4. The summed E-state index contributed by atoms with van der Waals surface area (Å²) >= 11 is 0. The lowest BCUT2D eigenvalue weighted by Gasteiger charge is -2.49. The van der Waals surface area contributed by atoms with Gasteiger partial charge in [-0.25, -0.2) is 0 Å². The summed E-state index contributed by atoms with van der Waals surface area (Å²) in [5.41, 5.74) is -0.00670. The molecular formula is C23H25N3O4. The number of para-hydroxylation sites is 1. The van der Waals surface area contributed by atoms with Gasteiger partial charge in [-0.2, -0.15) is 0 Å². The van der Waals surface area contributed by atoms with Crippen molar-refractivity contribution in [2.45, 2.75) is 38.8 Å². The second kappa shape index (κ2) is 7.48. The minimum absolute atomic E-state index is 0.0872. The van der Waals surface area contributed by atoms with Gasteiger partial charge in [0.2, 0.25) is 11.6 Å². The number of carbonyl (C=O) groups excluding carboxylic acids is 3. The largest absolute Gasteiger partial charge is 0.508 e. The van der Waals surface area contributed by atoms with Gasteiger partial charge in [0, 0.05) is 25.1 Å². The Kier molecular flexibility index (Phi) is 4.97. The van der Waals surface area contributed by atoms with Crippen LogP contribution in [-0.4, -0.2) is 39.9 Å². The van der Waals surface area contributed by atoms with Gasteiger partial charge in [-0.3, -0.25) is 19.3 Å². The van der Waals surface area contributed by atoms with E-state index in [0.29, 0.717) is 35.8 Å². The van der Waals surface area contributed by atoms with Crippen molar-refractivity contribution < 1.29 is 19.5 Å². The van der Waals surface area contributed by atoms with Gasteiger partial charge in [-0.1, -0.05) is 26.0 Å². The molecule has 2 aliphatic heterocycles. The number of nitrogens with one attached hydrogen (secondary N) is 1. The van der Waals surface area contributed by atoms with Crippen LogP contribution >= 0.6 is 0 Å². The fraction of sp³-hybridized carbons (Fsp3) is 0.348. The van der Waals surface area contributed by atoms with Gasteiger partial charge in [-0.05, 0) is 48.7 Å². The van der Waals surface area contributed by atoms with Gasteiger partial charge in [0.15, 0.2) is 0 Å². The number of aromatic hydroxyl groups is 1. The third-order valence-electron chi connectivity index (χ3n) is 5.79. The maximum atomic E-state index is 13.7. The number of carbonyl (C=O) groups is 3. The molecule has 30 heavy (non-hydrogen) atoms. The molecular weight excluding hydrogens is 382 g/mol. The molecule has 7 heteroatoms. The van der Waals surface area contributed by atoms with Crippen LogP contribution < -0.4 is 10.2 Å². The fourth-order valence-electron chi connectivity index (χ4n) is 4.25. The third-order valence-corrected chi connectivity index (χ3v) is 5.79. The first-order valence-electron chi connectivity index (χ1n) is 10.2. The summed E-state index contributed by atoms with van der Waals surface area (Å²) in [4.78, 5) is 43.1. The molecule has 0 aliphatic carbocycles. The molecule has 0 bridgehead atoms. The minimum Gasteiger partial charge on any atom is -0.508 e. The summed E-state index contributed by atoms with van der Waals surface area (Å²) in [5, 5.41) is 12.4. The summed E-state index contributed by atoms with van der Waals surface area (Å²) < 4.78 is 0. The van der Waals surface area contributed by atoms with Crippen molar-refractivity contribution in [2.24, 2.45) is 5.92 Å². The molecule has 0 radical (unpaired) electrons. The van der Waals surface area contributed by atoms with Crippen molar-refractivity contribution in [3.8, 4) is 5.75 Å². The average Bonchev–Trinajstić information content (AvgIpc) is 3.08. The van der Waals surface area contributed by atoms with Crippen LogP contribution in [0.5, 0.6) is 5.75 Å². The van der Waals surface area contributed by atoms with Gasteiger partial charge < -0.3 is 15.3 Å². The Morgan fingerprint density at radius 2 is 1.83 bits per heavy atom. The predicted molar refractivity (Wildman–Crippen MR) is 113 cm³/mol.